The van der Waals surface area contributed by atoms with E-state index < -0.39 is 29.2 Å². The van der Waals surface area contributed by atoms with Gasteiger partial charge in [-0.3, -0.25) is 20.2 Å². The summed E-state index contributed by atoms with van der Waals surface area (Å²) in [7, 11) is 0. The Labute approximate surface area is 137 Å². The van der Waals surface area contributed by atoms with Crippen molar-refractivity contribution in [3.63, 3.8) is 0 Å². The van der Waals surface area contributed by atoms with Crippen molar-refractivity contribution in [3.05, 3.63) is 51.7 Å². The lowest BCUT2D eigenvalue weighted by Crippen LogP contribution is -2.42. The Morgan fingerprint density at radius 1 is 1.36 bits per heavy atom. The number of carbonyl (C=O) groups excluding carboxylic acids is 1. The quantitative estimate of drug-likeness (QED) is 0.531. The summed E-state index contributed by atoms with van der Waals surface area (Å²) in [6.45, 7) is 0. The molecule has 1 fully saturated rings. The van der Waals surface area contributed by atoms with Gasteiger partial charge in [-0.05, 0) is 12.2 Å². The number of nitro groups is 1. The van der Waals surface area contributed by atoms with Crippen molar-refractivity contribution in [2.45, 2.75) is 18.4 Å². The molecular formula is C13H9F2N5O5. The van der Waals surface area contributed by atoms with E-state index in [2.05, 4.69) is 30.1 Å². The molecular weight excluding hydrogens is 344 g/mol. The number of nitrogens with zero attached hydrogens (tertiary/aromatic N) is 2. The number of ether oxygens (including phenoxy) is 2. The first kappa shape index (κ1) is 15.1. The zero-order chi connectivity index (χ0) is 17.8. The first-order chi connectivity index (χ1) is 11.8. The molecule has 0 spiro atoms. The molecule has 1 aromatic rings. The first-order valence-corrected chi connectivity index (χ1v) is 6.99. The van der Waals surface area contributed by atoms with Crippen LogP contribution in [-0.2, 0) is 9.47 Å². The fraction of sp³-hybridized carbons (Fsp3) is 0.231. The van der Waals surface area contributed by atoms with Gasteiger partial charge in [-0.2, -0.15) is 0 Å². The minimum absolute atomic E-state index is 0.0223. The van der Waals surface area contributed by atoms with Crippen LogP contribution in [-0.4, -0.2) is 40.2 Å². The monoisotopic (exact) mass is 353 g/mol. The number of fused-ring (bicyclic) bond motifs is 2. The smallest absolute Gasteiger partial charge is 0.396 e. The van der Waals surface area contributed by atoms with Gasteiger partial charge in [0.15, 0.2) is 17.5 Å². The second kappa shape index (κ2) is 5.03. The number of alkyl halides is 2. The number of H-pyrrole nitrogens is 1. The van der Waals surface area contributed by atoms with Gasteiger partial charge in [-0.1, -0.05) is 0 Å². The fourth-order valence-electron chi connectivity index (χ4n) is 2.58. The Bertz CT molecular complexity index is 874. The molecule has 4 rings (SSSR count). The summed E-state index contributed by atoms with van der Waals surface area (Å²) in [5.41, 5.74) is -0.274. The zero-order valence-electron chi connectivity index (χ0n) is 12.2. The number of amides is 1. The number of guanidine groups is 1. The maximum Gasteiger partial charge on any atom is 0.586 e. The highest BCUT2D eigenvalue weighted by Crippen LogP contribution is 2.39. The highest BCUT2D eigenvalue weighted by atomic mass is 19.3. The van der Waals surface area contributed by atoms with Gasteiger partial charge < -0.3 is 19.8 Å². The van der Waals surface area contributed by atoms with Gasteiger partial charge in [0.1, 0.15) is 5.69 Å². The molecule has 0 saturated carbocycles. The van der Waals surface area contributed by atoms with Crippen molar-refractivity contribution in [1.29, 1.82) is 0 Å². The van der Waals surface area contributed by atoms with Crippen molar-refractivity contribution < 1.29 is 28.0 Å². The molecule has 1 saturated heterocycles. The first-order valence-electron chi connectivity index (χ1n) is 6.99. The van der Waals surface area contributed by atoms with E-state index in [4.69, 9.17) is 0 Å². The second-order valence-electron chi connectivity index (χ2n) is 5.35. The van der Waals surface area contributed by atoms with E-state index in [1.54, 1.807) is 0 Å². The Morgan fingerprint density at radius 3 is 2.76 bits per heavy atom. The van der Waals surface area contributed by atoms with Crippen LogP contribution in [0, 0.1) is 10.1 Å². The van der Waals surface area contributed by atoms with Gasteiger partial charge in [0.05, 0.1) is 23.2 Å². The van der Waals surface area contributed by atoms with Gasteiger partial charge in [0.2, 0.25) is 0 Å². The van der Waals surface area contributed by atoms with E-state index in [0.29, 0.717) is 0 Å². The average molecular weight is 353 g/mol. The predicted molar refractivity (Wildman–Crippen MR) is 76.3 cm³/mol. The summed E-state index contributed by atoms with van der Waals surface area (Å²) < 4.78 is 34.8. The number of carbonyl (C=O) groups is 1. The average Bonchev–Trinajstić information content (AvgIpc) is 3.18. The van der Waals surface area contributed by atoms with E-state index in [1.165, 1.54) is 12.2 Å². The van der Waals surface area contributed by atoms with Crippen LogP contribution < -0.4 is 10.6 Å². The minimum atomic E-state index is -3.71. The minimum Gasteiger partial charge on any atom is -0.396 e. The summed E-state index contributed by atoms with van der Waals surface area (Å²) >= 11 is 0. The molecule has 1 aromatic heterocycles. The van der Waals surface area contributed by atoms with Crippen LogP contribution in [0.25, 0.3) is 0 Å². The van der Waals surface area contributed by atoms with Gasteiger partial charge in [0, 0.05) is 6.07 Å². The normalized spacial score (nSPS) is 25.3. The van der Waals surface area contributed by atoms with Crippen LogP contribution in [0.2, 0.25) is 0 Å². The highest BCUT2D eigenvalue weighted by molar-refractivity contribution is 6.05. The van der Waals surface area contributed by atoms with Crippen molar-refractivity contribution >= 4 is 17.6 Å². The van der Waals surface area contributed by atoms with Crippen LogP contribution in [0.1, 0.15) is 10.5 Å². The number of aliphatic imine (C=N–C) groups is 1. The highest BCUT2D eigenvalue weighted by Gasteiger charge is 2.48. The molecule has 3 aliphatic rings. The molecule has 0 radical (unpaired) electrons. The summed E-state index contributed by atoms with van der Waals surface area (Å²) in [6, 6.07) is 0.0183. The molecule has 12 heteroatoms. The van der Waals surface area contributed by atoms with Gasteiger partial charge in [-0.15, -0.1) is 8.78 Å². The Balaban J connectivity index is 1.47. The third kappa shape index (κ3) is 2.66. The number of halogens is 2. The number of rotatable bonds is 2. The van der Waals surface area contributed by atoms with Crippen molar-refractivity contribution in [1.82, 2.24) is 15.6 Å². The van der Waals surface area contributed by atoms with Crippen LogP contribution in [0.15, 0.2) is 40.9 Å². The third-order valence-electron chi connectivity index (χ3n) is 3.66. The molecule has 0 bridgehead atoms. The van der Waals surface area contributed by atoms with E-state index in [-0.39, 0.29) is 28.9 Å². The van der Waals surface area contributed by atoms with Crippen molar-refractivity contribution in [3.8, 4) is 0 Å². The number of aromatic amines is 1. The predicted octanol–water partition coefficient (Wildman–Crippen LogP) is 0.728. The topological polar surface area (TPSA) is 131 Å². The molecule has 1 amide bonds. The molecule has 2 unspecified atom stereocenters. The number of hydrogen-bond donors (Lipinski definition) is 3. The maximum atomic E-state index is 13.0. The summed E-state index contributed by atoms with van der Waals surface area (Å²) in [5, 5.41) is 15.9. The third-order valence-corrected chi connectivity index (χ3v) is 3.66. The van der Waals surface area contributed by atoms with Crippen molar-refractivity contribution in [2.75, 3.05) is 0 Å². The molecule has 25 heavy (non-hydrogen) atoms. The van der Waals surface area contributed by atoms with Gasteiger partial charge in [-0.25, -0.2) is 4.99 Å². The largest absolute Gasteiger partial charge is 0.586 e. The Hall–Kier alpha value is -3.44. The van der Waals surface area contributed by atoms with E-state index in [0.717, 1.165) is 12.3 Å². The summed E-state index contributed by atoms with van der Waals surface area (Å²) in [6.07, 6.45) is 0.110. The maximum absolute atomic E-state index is 13.0. The number of hydrogen-bond acceptors (Lipinski definition) is 7. The lowest BCUT2D eigenvalue weighted by atomic mass is 10.0. The molecule has 3 N–H and O–H groups in total. The van der Waals surface area contributed by atoms with Gasteiger partial charge in [0.25, 0.3) is 11.6 Å². The van der Waals surface area contributed by atoms with E-state index in [9.17, 15) is 23.7 Å². The van der Waals surface area contributed by atoms with Crippen LogP contribution in [0.4, 0.5) is 14.5 Å². The number of aromatic nitrogens is 1. The molecule has 130 valence electrons. The van der Waals surface area contributed by atoms with Crippen LogP contribution in [0.3, 0.4) is 0 Å². The molecule has 10 nitrogen and oxygen atoms in total. The molecule has 1 aliphatic carbocycles. The second-order valence-corrected chi connectivity index (χ2v) is 5.35. The standard InChI is InChI=1S/C13H9F2N5O5/c14-13(15)24-9-2-6-7(3-10(9)25-13)18-12(17-6)19-11(21)8-1-5(4-16-8)20(22)23/h1-4,6-7,16H,(H2,17,18,19,21). The molecule has 0 aromatic carbocycles. The Morgan fingerprint density at radius 2 is 2.08 bits per heavy atom. The summed E-state index contributed by atoms with van der Waals surface area (Å²) in [4.78, 5) is 28.7. The lowest BCUT2D eigenvalue weighted by molar-refractivity contribution is -0.384. The SMILES string of the molecule is O=C(NC1=NC2C=C3OC(F)(F)OC3=CC2N1)c1cc([N+](=O)[O-])c[nH]1. The Kier molecular flexibility index (Phi) is 3.04. The van der Waals surface area contributed by atoms with Crippen LogP contribution >= 0.6 is 0 Å². The number of nitrogens with one attached hydrogen (secondary N) is 3. The van der Waals surface area contributed by atoms with Gasteiger partial charge >= 0.3 is 6.29 Å². The molecule has 3 heterocycles. The van der Waals surface area contributed by atoms with Crippen LogP contribution in [0.5, 0.6) is 0 Å². The summed E-state index contributed by atoms with van der Waals surface area (Å²) in [5.74, 6) is -0.777. The lowest BCUT2D eigenvalue weighted by Gasteiger charge is -2.16. The zero-order valence-corrected chi connectivity index (χ0v) is 12.2. The molecule has 2 aliphatic heterocycles. The fourth-order valence-corrected chi connectivity index (χ4v) is 2.58. The molecule has 2 atom stereocenters. The van der Waals surface area contributed by atoms with E-state index in [1.807, 2.05) is 0 Å². The van der Waals surface area contributed by atoms with E-state index >= 15 is 0 Å². The van der Waals surface area contributed by atoms with Crippen molar-refractivity contribution in [2.24, 2.45) is 4.99 Å².